The van der Waals surface area contributed by atoms with Crippen molar-refractivity contribution < 1.29 is 14.3 Å². The lowest BCUT2D eigenvalue weighted by Gasteiger charge is -2.33. The third kappa shape index (κ3) is 3.75. The van der Waals surface area contributed by atoms with Crippen molar-refractivity contribution in [2.45, 2.75) is 25.7 Å². The highest BCUT2D eigenvalue weighted by molar-refractivity contribution is 5.94. The van der Waals surface area contributed by atoms with Gasteiger partial charge >= 0.3 is 0 Å². The molecule has 0 aliphatic carbocycles. The van der Waals surface area contributed by atoms with Crippen LogP contribution in [0.1, 0.15) is 28.8 Å². The van der Waals surface area contributed by atoms with Crippen LogP contribution in [0.25, 0.3) is 0 Å². The number of benzene rings is 1. The lowest BCUT2D eigenvalue weighted by molar-refractivity contribution is -0.0956. The van der Waals surface area contributed by atoms with Gasteiger partial charge in [-0.25, -0.2) is 0 Å². The Balaban J connectivity index is 1.33. The first-order valence-electron chi connectivity index (χ1n) is 8.88. The molecule has 1 amide bonds. The Morgan fingerprint density at radius 3 is 2.48 bits per heavy atom. The monoisotopic (exact) mass is 341 g/mol. The van der Waals surface area contributed by atoms with Gasteiger partial charge in [0.15, 0.2) is 6.29 Å². The van der Waals surface area contributed by atoms with Crippen LogP contribution in [0.15, 0.2) is 42.7 Å². The molecule has 0 bridgehead atoms. The van der Waals surface area contributed by atoms with Crippen molar-refractivity contribution in [2.75, 3.05) is 26.3 Å². The fraction of sp³-hybridized carbons (Fsp3) is 0.474. The molecule has 2 fully saturated rings. The minimum absolute atomic E-state index is 0.0705. The first-order chi connectivity index (χ1) is 12.3. The second kappa shape index (κ2) is 7.37. The van der Waals surface area contributed by atoms with Crippen LogP contribution in [0.5, 0.6) is 0 Å². The van der Waals surface area contributed by atoms with Gasteiger partial charge in [-0.15, -0.1) is 0 Å². The van der Waals surface area contributed by atoms with E-state index in [0.717, 1.165) is 37.1 Å². The Labute approximate surface area is 147 Å². The summed E-state index contributed by atoms with van der Waals surface area (Å²) < 4.78 is 13.1. The zero-order chi connectivity index (χ0) is 17.1. The molecule has 0 atom stereocenters. The van der Waals surface area contributed by atoms with E-state index in [1.807, 2.05) is 46.1 Å². The topological polar surface area (TPSA) is 56.6 Å². The maximum absolute atomic E-state index is 12.7. The average Bonchev–Trinajstić information content (AvgIpc) is 3.36. The normalized spacial score (nSPS) is 19.4. The summed E-state index contributed by atoms with van der Waals surface area (Å²) in [5, 5.41) is 4.20. The van der Waals surface area contributed by atoms with Gasteiger partial charge in [-0.3, -0.25) is 9.48 Å². The third-order valence-electron chi connectivity index (χ3n) is 4.96. The summed E-state index contributed by atoms with van der Waals surface area (Å²) in [7, 11) is 0. The number of carbonyl (C=O) groups is 1. The summed E-state index contributed by atoms with van der Waals surface area (Å²) in [6.07, 6.45) is 5.50. The van der Waals surface area contributed by atoms with Crippen molar-refractivity contribution in [1.82, 2.24) is 14.7 Å². The molecule has 1 aromatic carbocycles. The number of carbonyl (C=O) groups excluding carboxylic acids is 1. The van der Waals surface area contributed by atoms with Gasteiger partial charge in [-0.1, -0.05) is 12.1 Å². The van der Waals surface area contributed by atoms with Gasteiger partial charge in [0.25, 0.3) is 5.91 Å². The zero-order valence-electron chi connectivity index (χ0n) is 14.2. The highest BCUT2D eigenvalue weighted by atomic mass is 16.7. The molecule has 2 saturated heterocycles. The molecule has 1 aromatic heterocycles. The van der Waals surface area contributed by atoms with Crippen LogP contribution in [0.3, 0.4) is 0 Å². The molecule has 25 heavy (non-hydrogen) atoms. The second-order valence-electron chi connectivity index (χ2n) is 6.64. The van der Waals surface area contributed by atoms with Gasteiger partial charge in [0.1, 0.15) is 0 Å². The zero-order valence-corrected chi connectivity index (χ0v) is 14.2. The molecule has 0 radical (unpaired) electrons. The summed E-state index contributed by atoms with van der Waals surface area (Å²) in [6.45, 7) is 3.63. The minimum atomic E-state index is -0.0705. The van der Waals surface area contributed by atoms with Crippen LogP contribution < -0.4 is 0 Å². The van der Waals surface area contributed by atoms with Crippen LogP contribution in [0.4, 0.5) is 0 Å². The fourth-order valence-electron chi connectivity index (χ4n) is 3.54. The molecule has 0 N–H and O–H groups in total. The number of hydrogen-bond donors (Lipinski definition) is 0. The number of likely N-dealkylation sites (tertiary alicyclic amines) is 1. The Kier molecular flexibility index (Phi) is 4.81. The molecule has 0 unspecified atom stereocenters. The molecule has 132 valence electrons. The fourth-order valence-corrected chi connectivity index (χ4v) is 3.54. The van der Waals surface area contributed by atoms with E-state index < -0.39 is 0 Å². The van der Waals surface area contributed by atoms with Crippen LogP contribution >= 0.6 is 0 Å². The standard InChI is InChI=1S/C19H23N3O3/c23-18(21-10-6-17(7-11-21)19-24-12-13-25-19)16-4-2-15(3-5-16)14-22-9-1-8-20-22/h1-5,8-9,17,19H,6-7,10-14H2. The largest absolute Gasteiger partial charge is 0.350 e. The van der Waals surface area contributed by atoms with E-state index in [1.165, 1.54) is 0 Å². The molecule has 2 aromatic rings. The number of hydrogen-bond acceptors (Lipinski definition) is 4. The van der Waals surface area contributed by atoms with Crippen LogP contribution in [0, 0.1) is 5.92 Å². The summed E-state index contributed by atoms with van der Waals surface area (Å²) >= 11 is 0. The molecule has 2 aliphatic rings. The molecule has 6 nitrogen and oxygen atoms in total. The molecule has 0 saturated carbocycles. The van der Waals surface area contributed by atoms with Crippen molar-refractivity contribution in [3.63, 3.8) is 0 Å². The van der Waals surface area contributed by atoms with Crippen molar-refractivity contribution in [3.05, 3.63) is 53.9 Å². The minimum Gasteiger partial charge on any atom is -0.350 e. The Hall–Kier alpha value is -2.18. The van der Waals surface area contributed by atoms with Gasteiger partial charge < -0.3 is 14.4 Å². The van der Waals surface area contributed by atoms with Crippen molar-refractivity contribution >= 4 is 5.91 Å². The van der Waals surface area contributed by atoms with Crippen LogP contribution in [-0.2, 0) is 16.0 Å². The lowest BCUT2D eigenvalue weighted by atomic mass is 9.95. The predicted molar refractivity (Wildman–Crippen MR) is 92.1 cm³/mol. The van der Waals surface area contributed by atoms with E-state index in [0.29, 0.717) is 25.7 Å². The van der Waals surface area contributed by atoms with E-state index >= 15 is 0 Å². The van der Waals surface area contributed by atoms with Crippen molar-refractivity contribution in [1.29, 1.82) is 0 Å². The van der Waals surface area contributed by atoms with E-state index in [9.17, 15) is 4.79 Å². The second-order valence-corrected chi connectivity index (χ2v) is 6.64. The van der Waals surface area contributed by atoms with Crippen molar-refractivity contribution in [3.8, 4) is 0 Å². The van der Waals surface area contributed by atoms with Crippen LogP contribution in [0.2, 0.25) is 0 Å². The number of ether oxygens (including phenoxy) is 2. The van der Waals surface area contributed by atoms with E-state index in [4.69, 9.17) is 9.47 Å². The number of piperidine rings is 1. The molecule has 0 spiro atoms. The molecule has 6 heteroatoms. The summed E-state index contributed by atoms with van der Waals surface area (Å²) in [6, 6.07) is 9.74. The number of nitrogens with zero attached hydrogens (tertiary/aromatic N) is 3. The molecular formula is C19H23N3O3. The quantitative estimate of drug-likeness (QED) is 0.855. The van der Waals surface area contributed by atoms with Gasteiger partial charge in [0, 0.05) is 37.0 Å². The van der Waals surface area contributed by atoms with E-state index in [1.54, 1.807) is 6.20 Å². The maximum Gasteiger partial charge on any atom is 0.253 e. The first-order valence-corrected chi connectivity index (χ1v) is 8.88. The third-order valence-corrected chi connectivity index (χ3v) is 4.96. The Morgan fingerprint density at radius 2 is 1.84 bits per heavy atom. The highest BCUT2D eigenvalue weighted by Crippen LogP contribution is 2.26. The lowest BCUT2D eigenvalue weighted by Crippen LogP contribution is -2.41. The molecular weight excluding hydrogens is 318 g/mol. The number of aromatic nitrogens is 2. The number of amides is 1. The van der Waals surface area contributed by atoms with Crippen LogP contribution in [-0.4, -0.2) is 53.2 Å². The summed E-state index contributed by atoms with van der Waals surface area (Å²) in [5.41, 5.74) is 1.88. The molecule has 2 aliphatic heterocycles. The summed E-state index contributed by atoms with van der Waals surface area (Å²) in [5.74, 6) is 0.514. The smallest absolute Gasteiger partial charge is 0.253 e. The predicted octanol–water partition coefficient (Wildman–Crippen LogP) is 2.16. The Bertz CT molecular complexity index is 685. The van der Waals surface area contributed by atoms with Crippen molar-refractivity contribution in [2.24, 2.45) is 5.92 Å². The van der Waals surface area contributed by atoms with Gasteiger partial charge in [0.05, 0.1) is 19.8 Å². The first kappa shape index (κ1) is 16.3. The summed E-state index contributed by atoms with van der Waals surface area (Å²) in [4.78, 5) is 14.6. The number of rotatable bonds is 4. The van der Waals surface area contributed by atoms with Gasteiger partial charge in [-0.2, -0.15) is 5.10 Å². The SMILES string of the molecule is O=C(c1ccc(Cn2cccn2)cc1)N1CCC(C2OCCO2)CC1. The van der Waals surface area contributed by atoms with Gasteiger partial charge in [0.2, 0.25) is 0 Å². The van der Waals surface area contributed by atoms with E-state index in [2.05, 4.69) is 5.10 Å². The highest BCUT2D eigenvalue weighted by Gasteiger charge is 2.31. The Morgan fingerprint density at radius 1 is 1.12 bits per heavy atom. The molecule has 4 rings (SSSR count). The maximum atomic E-state index is 12.7. The molecule has 3 heterocycles. The van der Waals surface area contributed by atoms with E-state index in [-0.39, 0.29) is 12.2 Å². The van der Waals surface area contributed by atoms with Gasteiger partial charge in [-0.05, 0) is 36.6 Å². The average molecular weight is 341 g/mol.